The van der Waals surface area contributed by atoms with Crippen LogP contribution in [0, 0.1) is 5.92 Å². The van der Waals surface area contributed by atoms with Gasteiger partial charge in [0.15, 0.2) is 0 Å². The average Bonchev–Trinajstić information content (AvgIpc) is 2.88. The molecular weight excluding hydrogens is 294 g/mol. The van der Waals surface area contributed by atoms with Gasteiger partial charge in [0.1, 0.15) is 5.69 Å². The van der Waals surface area contributed by atoms with Crippen molar-refractivity contribution in [2.45, 2.75) is 26.7 Å². The minimum absolute atomic E-state index is 0.193. The second kappa shape index (κ2) is 7.21. The Morgan fingerprint density at radius 3 is 2.78 bits per heavy atom. The third-order valence-corrected chi connectivity index (χ3v) is 3.49. The lowest BCUT2D eigenvalue weighted by Crippen LogP contribution is -2.31. The van der Waals surface area contributed by atoms with Crippen LogP contribution in [0.5, 0.6) is 0 Å². The van der Waals surface area contributed by atoms with E-state index in [1.807, 2.05) is 13.2 Å². The molecule has 1 N–H and O–H groups in total. The highest BCUT2D eigenvalue weighted by molar-refractivity contribution is 5.92. The van der Waals surface area contributed by atoms with Crippen molar-refractivity contribution in [3.8, 4) is 0 Å². The molecule has 0 bridgehead atoms. The molecule has 0 saturated heterocycles. The number of H-pyrrole nitrogens is 1. The predicted molar refractivity (Wildman–Crippen MR) is 87.3 cm³/mol. The van der Waals surface area contributed by atoms with Crippen molar-refractivity contribution in [2.24, 2.45) is 13.0 Å². The zero-order valence-electron chi connectivity index (χ0n) is 14.0. The Balaban J connectivity index is 2.06. The number of hydrogen-bond donors (Lipinski definition) is 1. The van der Waals surface area contributed by atoms with Crippen LogP contribution in [0.4, 0.5) is 0 Å². The van der Waals surface area contributed by atoms with E-state index in [0.717, 1.165) is 11.3 Å². The van der Waals surface area contributed by atoms with Crippen molar-refractivity contribution in [2.75, 3.05) is 13.6 Å². The summed E-state index contributed by atoms with van der Waals surface area (Å²) in [6.45, 7) is 4.65. The number of carbonyl (C=O) groups is 1. The summed E-state index contributed by atoms with van der Waals surface area (Å²) in [4.78, 5) is 32.2. The largest absolute Gasteiger partial charge is 0.345 e. The summed E-state index contributed by atoms with van der Waals surface area (Å²) in [5.74, 6) is 0.143. The highest BCUT2D eigenvalue weighted by atomic mass is 16.2. The molecule has 0 aliphatic heterocycles. The van der Waals surface area contributed by atoms with Crippen molar-refractivity contribution in [3.63, 3.8) is 0 Å². The molecule has 1 amide bonds. The molecule has 0 aromatic carbocycles. The van der Waals surface area contributed by atoms with Crippen molar-refractivity contribution < 1.29 is 4.79 Å². The van der Waals surface area contributed by atoms with Crippen LogP contribution in [0.15, 0.2) is 23.3 Å². The molecule has 7 heteroatoms. The lowest BCUT2D eigenvalue weighted by Gasteiger charge is -2.16. The molecule has 2 rings (SSSR count). The lowest BCUT2D eigenvalue weighted by atomic mass is 10.1. The van der Waals surface area contributed by atoms with Gasteiger partial charge in [-0.1, -0.05) is 13.8 Å². The molecule has 124 valence electrons. The maximum absolute atomic E-state index is 12.5. The van der Waals surface area contributed by atoms with Gasteiger partial charge in [0.2, 0.25) is 0 Å². The van der Waals surface area contributed by atoms with E-state index in [-0.39, 0.29) is 11.6 Å². The number of likely N-dealkylation sites (N-methyl/N-ethyl adjacent to an activating group) is 1. The van der Waals surface area contributed by atoms with Crippen LogP contribution < -0.4 is 5.69 Å². The highest BCUT2D eigenvalue weighted by Crippen LogP contribution is 2.07. The Labute approximate surface area is 135 Å². The van der Waals surface area contributed by atoms with E-state index in [2.05, 4.69) is 28.9 Å². The first kappa shape index (κ1) is 16.9. The molecule has 0 atom stereocenters. The normalized spacial score (nSPS) is 11.0. The van der Waals surface area contributed by atoms with Gasteiger partial charge < -0.3 is 9.88 Å². The first-order valence-electron chi connectivity index (χ1n) is 7.68. The third kappa shape index (κ3) is 4.77. The summed E-state index contributed by atoms with van der Waals surface area (Å²) in [5.41, 5.74) is 1.51. The summed E-state index contributed by atoms with van der Waals surface area (Å²) in [6, 6.07) is 1.67. The van der Waals surface area contributed by atoms with Gasteiger partial charge in [-0.3, -0.25) is 9.48 Å². The molecular formula is C16H23N5O2. The second-order valence-electron chi connectivity index (χ2n) is 6.19. The molecule has 0 saturated carbocycles. The van der Waals surface area contributed by atoms with Crippen LogP contribution in [0.2, 0.25) is 0 Å². The summed E-state index contributed by atoms with van der Waals surface area (Å²) in [6.07, 6.45) is 5.12. The smallest absolute Gasteiger partial charge is 0.340 e. The van der Waals surface area contributed by atoms with E-state index in [1.54, 1.807) is 28.9 Å². The molecule has 0 spiro atoms. The zero-order valence-corrected chi connectivity index (χ0v) is 14.0. The van der Waals surface area contributed by atoms with E-state index < -0.39 is 5.69 Å². The first-order valence-corrected chi connectivity index (χ1v) is 7.68. The van der Waals surface area contributed by atoms with Crippen molar-refractivity contribution in [1.29, 1.82) is 0 Å². The van der Waals surface area contributed by atoms with Gasteiger partial charge in [-0.15, -0.1) is 0 Å². The van der Waals surface area contributed by atoms with Gasteiger partial charge in [0, 0.05) is 32.5 Å². The Bertz CT molecular complexity index is 732. The maximum atomic E-state index is 12.5. The molecule has 23 heavy (non-hydrogen) atoms. The number of aromatic nitrogens is 4. The molecule has 0 aliphatic rings. The molecule has 2 aromatic heterocycles. The third-order valence-electron chi connectivity index (χ3n) is 3.49. The first-order chi connectivity index (χ1) is 10.8. The minimum atomic E-state index is -0.479. The molecule has 0 radical (unpaired) electrons. The van der Waals surface area contributed by atoms with Crippen LogP contribution in [-0.4, -0.2) is 44.1 Å². The molecule has 2 heterocycles. The highest BCUT2D eigenvalue weighted by Gasteiger charge is 2.15. The van der Waals surface area contributed by atoms with E-state index >= 15 is 0 Å². The van der Waals surface area contributed by atoms with Crippen molar-refractivity contribution >= 4 is 5.91 Å². The van der Waals surface area contributed by atoms with E-state index in [1.165, 1.54) is 0 Å². The zero-order chi connectivity index (χ0) is 17.0. The summed E-state index contributed by atoms with van der Waals surface area (Å²) in [5, 5.41) is 4.10. The van der Waals surface area contributed by atoms with Gasteiger partial charge >= 0.3 is 5.69 Å². The number of hydrogen-bond acceptors (Lipinski definition) is 4. The summed E-state index contributed by atoms with van der Waals surface area (Å²) >= 11 is 0. The number of aromatic amines is 1. The van der Waals surface area contributed by atoms with E-state index in [9.17, 15) is 9.59 Å². The summed E-state index contributed by atoms with van der Waals surface area (Å²) < 4.78 is 1.73. The maximum Gasteiger partial charge on any atom is 0.345 e. The number of nitrogens with zero attached hydrogens (tertiary/aromatic N) is 4. The fourth-order valence-electron chi connectivity index (χ4n) is 2.36. The lowest BCUT2D eigenvalue weighted by molar-refractivity contribution is 0.0790. The summed E-state index contributed by atoms with van der Waals surface area (Å²) in [7, 11) is 3.57. The molecule has 7 nitrogen and oxygen atoms in total. The van der Waals surface area contributed by atoms with Crippen LogP contribution in [0.25, 0.3) is 0 Å². The predicted octanol–water partition coefficient (Wildman–Crippen LogP) is 1.02. The van der Waals surface area contributed by atoms with Gasteiger partial charge in [-0.25, -0.2) is 4.79 Å². The van der Waals surface area contributed by atoms with E-state index in [0.29, 0.717) is 25.3 Å². The molecule has 0 unspecified atom stereocenters. The molecule has 0 fully saturated rings. The number of nitrogens with one attached hydrogen (secondary N) is 1. The van der Waals surface area contributed by atoms with Gasteiger partial charge in [-0.05, 0) is 30.4 Å². The standard InChI is InChI=1S/C16H23N5O2/c1-11(2)7-13-8-14(19-16(23)18-13)15(22)20(3)6-5-12-9-17-21(4)10-12/h8-11H,5-7H2,1-4H3,(H,18,19,23). The van der Waals surface area contributed by atoms with Crippen molar-refractivity contribution in [1.82, 2.24) is 24.6 Å². The van der Waals surface area contributed by atoms with Gasteiger partial charge in [0.05, 0.1) is 6.20 Å². The Kier molecular flexibility index (Phi) is 5.31. The fraction of sp³-hybridized carbons (Fsp3) is 0.500. The second-order valence-corrected chi connectivity index (χ2v) is 6.19. The Morgan fingerprint density at radius 1 is 1.43 bits per heavy atom. The van der Waals surface area contributed by atoms with Crippen LogP contribution in [0.1, 0.15) is 35.6 Å². The topological polar surface area (TPSA) is 83.9 Å². The van der Waals surface area contributed by atoms with Crippen molar-refractivity contribution in [3.05, 3.63) is 45.9 Å². The molecule has 0 aliphatic carbocycles. The van der Waals surface area contributed by atoms with Gasteiger partial charge in [0.25, 0.3) is 5.91 Å². The fourth-order valence-corrected chi connectivity index (χ4v) is 2.36. The number of carbonyl (C=O) groups excluding carboxylic acids is 1. The number of aryl methyl sites for hydroxylation is 1. The SMILES string of the molecule is CC(C)Cc1cc(C(=O)N(C)CCc2cnn(C)c2)nc(=O)[nH]1. The molecule has 2 aromatic rings. The average molecular weight is 317 g/mol. The monoisotopic (exact) mass is 317 g/mol. The minimum Gasteiger partial charge on any atom is -0.340 e. The van der Waals surface area contributed by atoms with Crippen LogP contribution >= 0.6 is 0 Å². The van der Waals surface area contributed by atoms with Crippen LogP contribution in [0.3, 0.4) is 0 Å². The van der Waals surface area contributed by atoms with E-state index in [4.69, 9.17) is 0 Å². The van der Waals surface area contributed by atoms with Crippen LogP contribution in [-0.2, 0) is 19.9 Å². The number of amides is 1. The van der Waals surface area contributed by atoms with Gasteiger partial charge in [-0.2, -0.15) is 10.1 Å². The quantitative estimate of drug-likeness (QED) is 0.862. The Hall–Kier alpha value is -2.44. The number of rotatable bonds is 6. The Morgan fingerprint density at radius 2 is 2.17 bits per heavy atom.